The molecule has 0 saturated carbocycles. The van der Waals surface area contributed by atoms with Gasteiger partial charge in [0.1, 0.15) is 0 Å². The minimum Gasteiger partial charge on any atom is -0.460 e. The third-order valence-electron chi connectivity index (χ3n) is 1.78. The van der Waals surface area contributed by atoms with Crippen LogP contribution in [0.5, 0.6) is 0 Å². The topological polar surface area (TPSA) is 72.8 Å². The number of carbonyl (C=O) groups is 2. The fraction of sp³-hybridized carbons (Fsp3) is 0.636. The third kappa shape index (κ3) is 7.00. The number of hydrogen-bond acceptors (Lipinski definition) is 5. The van der Waals surface area contributed by atoms with Gasteiger partial charge in [0.25, 0.3) is 0 Å². The molecule has 0 aliphatic rings. The highest BCUT2D eigenvalue weighted by atomic mass is 16.6. The normalized spacial score (nSPS) is 9.62. The molecule has 0 atom stereocenters. The molecule has 0 aromatic rings. The van der Waals surface area contributed by atoms with Gasteiger partial charge in [-0.25, -0.2) is 4.79 Å². The summed E-state index contributed by atoms with van der Waals surface area (Å²) in [6, 6.07) is 0. The van der Waals surface area contributed by atoms with Crippen molar-refractivity contribution in [2.24, 2.45) is 0 Å². The number of esters is 2. The van der Waals surface area contributed by atoms with Crippen LogP contribution >= 0.6 is 0 Å². The summed E-state index contributed by atoms with van der Waals surface area (Å²) in [7, 11) is 0. The fourth-order valence-electron chi connectivity index (χ4n) is 1.000. The summed E-state index contributed by atoms with van der Waals surface area (Å²) in [4.78, 5) is 22.2. The lowest BCUT2D eigenvalue weighted by molar-refractivity contribution is -0.151. The summed E-state index contributed by atoms with van der Waals surface area (Å²) in [6.45, 7) is 5.28. The zero-order chi connectivity index (χ0) is 12.4. The Kier molecular flexibility index (Phi) is 8.15. The number of rotatable bonds is 8. The van der Waals surface area contributed by atoms with E-state index in [4.69, 9.17) is 5.11 Å². The van der Waals surface area contributed by atoms with E-state index in [-0.39, 0.29) is 25.4 Å². The highest BCUT2D eigenvalue weighted by Gasteiger charge is 2.13. The molecule has 0 aliphatic carbocycles. The lowest BCUT2D eigenvalue weighted by atomic mass is 10.2. The summed E-state index contributed by atoms with van der Waals surface area (Å²) in [5, 5.41) is 8.52. The molecule has 1 N–H and O–H groups in total. The van der Waals surface area contributed by atoms with E-state index < -0.39 is 11.9 Å². The fourth-order valence-corrected chi connectivity index (χ4v) is 1.000. The summed E-state index contributed by atoms with van der Waals surface area (Å²) in [5.74, 6) is -1.50. The maximum absolute atomic E-state index is 11.2. The molecule has 5 nitrogen and oxygen atoms in total. The van der Waals surface area contributed by atoms with E-state index >= 15 is 0 Å². The smallest absolute Gasteiger partial charge is 0.373 e. The third-order valence-corrected chi connectivity index (χ3v) is 1.78. The molecule has 0 bridgehead atoms. The van der Waals surface area contributed by atoms with Gasteiger partial charge in [0.2, 0.25) is 5.76 Å². The van der Waals surface area contributed by atoms with Crippen molar-refractivity contribution in [1.82, 2.24) is 0 Å². The predicted molar refractivity (Wildman–Crippen MR) is 57.4 cm³/mol. The maximum atomic E-state index is 11.2. The average molecular weight is 230 g/mol. The van der Waals surface area contributed by atoms with Gasteiger partial charge in [0.05, 0.1) is 6.61 Å². The summed E-state index contributed by atoms with van der Waals surface area (Å²) in [6.07, 6.45) is 2.23. The van der Waals surface area contributed by atoms with Crippen molar-refractivity contribution < 1.29 is 24.2 Å². The molecule has 0 unspecified atom stereocenters. The number of aliphatic hydroxyl groups is 1. The van der Waals surface area contributed by atoms with E-state index in [0.717, 1.165) is 6.42 Å². The first-order valence-corrected chi connectivity index (χ1v) is 5.29. The Labute approximate surface area is 95.0 Å². The molecule has 0 aliphatic heterocycles. The first-order valence-electron chi connectivity index (χ1n) is 5.29. The van der Waals surface area contributed by atoms with Crippen LogP contribution in [0.2, 0.25) is 0 Å². The molecule has 0 spiro atoms. The van der Waals surface area contributed by atoms with Gasteiger partial charge in [-0.15, -0.1) is 0 Å². The van der Waals surface area contributed by atoms with Gasteiger partial charge >= 0.3 is 11.9 Å². The Bertz CT molecular complexity index is 247. The Balaban J connectivity index is 3.70. The summed E-state index contributed by atoms with van der Waals surface area (Å²) >= 11 is 0. The molecule has 0 fully saturated rings. The van der Waals surface area contributed by atoms with Gasteiger partial charge in [-0.2, -0.15) is 0 Å². The zero-order valence-electron chi connectivity index (χ0n) is 9.53. The van der Waals surface area contributed by atoms with E-state index in [2.05, 4.69) is 16.1 Å². The predicted octanol–water partition coefficient (Wildman–Crippen LogP) is 1.16. The second-order valence-electron chi connectivity index (χ2n) is 3.15. The Hall–Kier alpha value is -1.36. The van der Waals surface area contributed by atoms with Crippen molar-refractivity contribution in [2.75, 3.05) is 13.2 Å². The van der Waals surface area contributed by atoms with E-state index in [1.54, 1.807) is 6.92 Å². The second-order valence-corrected chi connectivity index (χ2v) is 3.15. The molecule has 0 heterocycles. The van der Waals surface area contributed by atoms with Crippen LogP contribution in [-0.2, 0) is 19.1 Å². The molecule has 0 radical (unpaired) electrons. The second kappa shape index (κ2) is 8.91. The monoisotopic (exact) mass is 230 g/mol. The molecule has 0 amide bonds. The van der Waals surface area contributed by atoms with Crippen LogP contribution in [0, 0.1) is 0 Å². The zero-order valence-corrected chi connectivity index (χ0v) is 9.53. The Morgan fingerprint density at radius 2 is 1.94 bits per heavy atom. The number of carbonyl (C=O) groups excluding carboxylic acids is 2. The van der Waals surface area contributed by atoms with Crippen molar-refractivity contribution in [3.05, 3.63) is 12.3 Å². The van der Waals surface area contributed by atoms with Crippen LogP contribution in [0.1, 0.15) is 32.6 Å². The molecule has 0 aromatic heterocycles. The molecular weight excluding hydrogens is 212 g/mol. The van der Waals surface area contributed by atoms with Gasteiger partial charge in [-0.05, 0) is 26.3 Å². The highest BCUT2D eigenvalue weighted by Crippen LogP contribution is 2.05. The van der Waals surface area contributed by atoms with Crippen LogP contribution in [0.4, 0.5) is 0 Å². The Morgan fingerprint density at radius 3 is 2.50 bits per heavy atom. The minimum absolute atomic E-state index is 0.116. The lowest BCUT2D eigenvalue weighted by Crippen LogP contribution is -2.13. The van der Waals surface area contributed by atoms with Gasteiger partial charge in [0, 0.05) is 13.0 Å². The number of aliphatic hydroxyl groups excluding tert-OH is 1. The minimum atomic E-state index is -0.716. The standard InChI is InChI=1S/C11H18O5/c1-3-15-11(14)9(2)16-10(13)7-5-4-6-8-12/h12H,2-8H2,1H3. The van der Waals surface area contributed by atoms with E-state index in [9.17, 15) is 9.59 Å². The first-order chi connectivity index (χ1) is 7.61. The van der Waals surface area contributed by atoms with Crippen molar-refractivity contribution in [3.8, 4) is 0 Å². The molecule has 0 aromatic carbocycles. The SMILES string of the molecule is C=C(OC(=O)CCCCCO)C(=O)OCC. The molecule has 16 heavy (non-hydrogen) atoms. The highest BCUT2D eigenvalue weighted by molar-refractivity contribution is 5.88. The van der Waals surface area contributed by atoms with Crippen molar-refractivity contribution in [2.45, 2.75) is 32.6 Å². The van der Waals surface area contributed by atoms with Crippen LogP contribution < -0.4 is 0 Å². The number of hydrogen-bond donors (Lipinski definition) is 1. The summed E-state index contributed by atoms with van der Waals surface area (Å²) < 4.78 is 9.27. The van der Waals surface area contributed by atoms with Gasteiger partial charge < -0.3 is 14.6 Å². The van der Waals surface area contributed by atoms with Crippen molar-refractivity contribution in [3.63, 3.8) is 0 Å². The van der Waals surface area contributed by atoms with Crippen molar-refractivity contribution >= 4 is 11.9 Å². The summed E-state index contributed by atoms with van der Waals surface area (Å²) in [5.41, 5.74) is 0. The van der Waals surface area contributed by atoms with Gasteiger partial charge in [-0.1, -0.05) is 6.42 Å². The largest absolute Gasteiger partial charge is 0.460 e. The van der Waals surface area contributed by atoms with E-state index in [1.165, 1.54) is 0 Å². The lowest BCUT2D eigenvalue weighted by Gasteiger charge is -2.06. The molecule has 0 rings (SSSR count). The number of unbranched alkanes of at least 4 members (excludes halogenated alkanes) is 2. The molecule has 0 saturated heterocycles. The van der Waals surface area contributed by atoms with Gasteiger partial charge in [-0.3, -0.25) is 4.79 Å². The van der Waals surface area contributed by atoms with E-state index in [0.29, 0.717) is 12.8 Å². The van der Waals surface area contributed by atoms with Crippen LogP contribution in [-0.4, -0.2) is 30.3 Å². The first kappa shape index (κ1) is 14.6. The number of ether oxygens (including phenoxy) is 2. The van der Waals surface area contributed by atoms with Gasteiger partial charge in [0.15, 0.2) is 0 Å². The van der Waals surface area contributed by atoms with Crippen LogP contribution in [0.15, 0.2) is 12.3 Å². The molecule has 92 valence electrons. The molecular formula is C11H18O5. The van der Waals surface area contributed by atoms with E-state index in [1.807, 2.05) is 0 Å². The van der Waals surface area contributed by atoms with Crippen LogP contribution in [0.25, 0.3) is 0 Å². The molecule has 5 heteroatoms. The quantitative estimate of drug-likeness (QED) is 0.293. The average Bonchev–Trinajstić information content (AvgIpc) is 2.24. The Morgan fingerprint density at radius 1 is 1.25 bits per heavy atom. The van der Waals surface area contributed by atoms with Crippen molar-refractivity contribution in [1.29, 1.82) is 0 Å². The van der Waals surface area contributed by atoms with Crippen LogP contribution in [0.3, 0.4) is 0 Å². The maximum Gasteiger partial charge on any atom is 0.373 e.